The molecule has 0 atom stereocenters. The van der Waals surface area contributed by atoms with Gasteiger partial charge in [0.15, 0.2) is 0 Å². The molecular weight excluding hydrogens is 154 g/mol. The maximum Gasteiger partial charge on any atom is 0.267 e. The molecular formula is C8H7N3O. The molecule has 0 saturated carbocycles. The van der Waals surface area contributed by atoms with Crippen molar-refractivity contribution in [1.82, 2.24) is 9.97 Å². The van der Waals surface area contributed by atoms with Crippen molar-refractivity contribution in [2.45, 2.75) is 0 Å². The van der Waals surface area contributed by atoms with Gasteiger partial charge in [0, 0.05) is 6.20 Å². The highest BCUT2D eigenvalue weighted by Gasteiger charge is 2.02. The van der Waals surface area contributed by atoms with E-state index < -0.39 is 5.91 Å². The zero-order valence-corrected chi connectivity index (χ0v) is 6.24. The molecule has 0 aromatic carbocycles. The summed E-state index contributed by atoms with van der Waals surface area (Å²) in [7, 11) is 0. The number of hydrogen-bond donors (Lipinski definition) is 2. The molecule has 0 unspecified atom stereocenters. The van der Waals surface area contributed by atoms with E-state index in [-0.39, 0.29) is 0 Å². The highest BCUT2D eigenvalue weighted by atomic mass is 16.1. The van der Waals surface area contributed by atoms with Crippen LogP contribution in [0.15, 0.2) is 24.4 Å². The normalized spacial score (nSPS) is 10.3. The lowest BCUT2D eigenvalue weighted by Gasteiger charge is -1.93. The number of rotatable bonds is 1. The number of fused-ring (bicyclic) bond motifs is 1. The summed E-state index contributed by atoms with van der Waals surface area (Å²) in [5.74, 6) is -0.502. The van der Waals surface area contributed by atoms with E-state index in [1.54, 1.807) is 24.4 Å². The van der Waals surface area contributed by atoms with Gasteiger partial charge in [0.1, 0.15) is 5.69 Å². The second-order valence-corrected chi connectivity index (χ2v) is 2.47. The molecule has 2 heterocycles. The summed E-state index contributed by atoms with van der Waals surface area (Å²) in [6.07, 6.45) is 1.77. The third-order valence-electron chi connectivity index (χ3n) is 1.66. The highest BCUT2D eigenvalue weighted by Crippen LogP contribution is 2.09. The number of aromatic nitrogens is 2. The lowest BCUT2D eigenvalue weighted by molar-refractivity contribution is 0.0996. The molecule has 60 valence electrons. The lowest BCUT2D eigenvalue weighted by atomic mass is 10.3. The first-order chi connectivity index (χ1) is 5.77. The molecule has 0 saturated heterocycles. The minimum atomic E-state index is -0.502. The van der Waals surface area contributed by atoms with Gasteiger partial charge in [-0.15, -0.1) is 0 Å². The maximum absolute atomic E-state index is 10.7. The molecule has 3 N–H and O–H groups in total. The predicted octanol–water partition coefficient (Wildman–Crippen LogP) is 0.662. The first-order valence-electron chi connectivity index (χ1n) is 3.51. The molecule has 4 nitrogen and oxygen atoms in total. The Morgan fingerprint density at radius 2 is 2.25 bits per heavy atom. The summed E-state index contributed by atoms with van der Waals surface area (Å²) in [5, 5.41) is 0. The molecule has 0 fully saturated rings. The van der Waals surface area contributed by atoms with Crippen LogP contribution in [0.2, 0.25) is 0 Å². The Labute approximate surface area is 68.4 Å². The van der Waals surface area contributed by atoms with Crippen molar-refractivity contribution in [2.75, 3.05) is 0 Å². The van der Waals surface area contributed by atoms with Crippen molar-refractivity contribution in [3.63, 3.8) is 0 Å². The molecule has 12 heavy (non-hydrogen) atoms. The molecule has 0 bridgehead atoms. The summed E-state index contributed by atoms with van der Waals surface area (Å²) in [6.45, 7) is 0. The van der Waals surface area contributed by atoms with Gasteiger partial charge in [-0.05, 0) is 18.2 Å². The van der Waals surface area contributed by atoms with Gasteiger partial charge in [0.05, 0.1) is 11.0 Å². The van der Waals surface area contributed by atoms with Gasteiger partial charge in [-0.2, -0.15) is 0 Å². The lowest BCUT2D eigenvalue weighted by Crippen LogP contribution is -2.12. The van der Waals surface area contributed by atoms with Crippen LogP contribution in [0.25, 0.3) is 11.0 Å². The van der Waals surface area contributed by atoms with Gasteiger partial charge in [-0.25, -0.2) is 4.98 Å². The molecule has 2 aromatic rings. The Bertz CT molecular complexity index is 433. The van der Waals surface area contributed by atoms with Crippen LogP contribution in [0, 0.1) is 0 Å². The average molecular weight is 161 g/mol. The van der Waals surface area contributed by atoms with Crippen LogP contribution in [0.4, 0.5) is 0 Å². The van der Waals surface area contributed by atoms with Crippen LogP contribution in [-0.2, 0) is 0 Å². The number of amides is 1. The van der Waals surface area contributed by atoms with Gasteiger partial charge < -0.3 is 10.7 Å². The minimum Gasteiger partial charge on any atom is -0.364 e. The number of hydrogen-bond acceptors (Lipinski definition) is 2. The maximum atomic E-state index is 10.7. The minimum absolute atomic E-state index is 0.294. The Kier molecular flexibility index (Phi) is 1.33. The summed E-state index contributed by atoms with van der Waals surface area (Å²) in [4.78, 5) is 17.7. The number of nitrogens with two attached hydrogens (primary N) is 1. The Morgan fingerprint density at radius 1 is 1.42 bits per heavy atom. The van der Waals surface area contributed by atoms with Crippen LogP contribution < -0.4 is 5.73 Å². The molecule has 2 aromatic heterocycles. The fourth-order valence-electron chi connectivity index (χ4n) is 1.07. The largest absolute Gasteiger partial charge is 0.364 e. The summed E-state index contributed by atoms with van der Waals surface area (Å²) < 4.78 is 0. The molecule has 0 aliphatic rings. The van der Waals surface area contributed by atoms with Gasteiger partial charge in [0.25, 0.3) is 5.91 Å². The SMILES string of the molecule is NC(=O)c1ccc2[nH]ccc2n1. The smallest absolute Gasteiger partial charge is 0.267 e. The zero-order chi connectivity index (χ0) is 8.55. The van der Waals surface area contributed by atoms with Crippen molar-refractivity contribution in [3.05, 3.63) is 30.1 Å². The van der Waals surface area contributed by atoms with Crippen LogP contribution in [0.3, 0.4) is 0 Å². The summed E-state index contributed by atoms with van der Waals surface area (Å²) in [5.41, 5.74) is 7.01. The second kappa shape index (κ2) is 2.34. The van der Waals surface area contributed by atoms with Crippen molar-refractivity contribution >= 4 is 16.9 Å². The predicted molar refractivity (Wildman–Crippen MR) is 44.6 cm³/mol. The first-order valence-corrected chi connectivity index (χ1v) is 3.51. The van der Waals surface area contributed by atoms with Crippen molar-refractivity contribution in [1.29, 1.82) is 0 Å². The highest BCUT2D eigenvalue weighted by molar-refractivity contribution is 5.93. The Morgan fingerprint density at radius 3 is 3.00 bits per heavy atom. The number of primary amides is 1. The quantitative estimate of drug-likeness (QED) is 0.644. The fourth-order valence-corrected chi connectivity index (χ4v) is 1.07. The van der Waals surface area contributed by atoms with Gasteiger partial charge >= 0.3 is 0 Å². The van der Waals surface area contributed by atoms with Crippen molar-refractivity contribution in [2.24, 2.45) is 5.73 Å². The van der Waals surface area contributed by atoms with Gasteiger partial charge in [-0.3, -0.25) is 4.79 Å². The molecule has 1 amide bonds. The number of aromatic amines is 1. The molecule has 0 radical (unpaired) electrons. The number of pyridine rings is 1. The van der Waals surface area contributed by atoms with Gasteiger partial charge in [-0.1, -0.05) is 0 Å². The molecule has 4 heteroatoms. The number of H-pyrrole nitrogens is 1. The van der Waals surface area contributed by atoms with E-state index in [4.69, 9.17) is 5.73 Å². The Balaban J connectivity index is 2.68. The van der Waals surface area contributed by atoms with Crippen LogP contribution in [0.1, 0.15) is 10.5 Å². The van der Waals surface area contributed by atoms with E-state index in [1.807, 2.05) is 0 Å². The third kappa shape index (κ3) is 0.934. The number of carbonyl (C=O) groups is 1. The summed E-state index contributed by atoms with van der Waals surface area (Å²) in [6, 6.07) is 5.17. The third-order valence-corrected chi connectivity index (χ3v) is 1.66. The molecule has 0 aliphatic heterocycles. The van der Waals surface area contributed by atoms with Crippen LogP contribution in [0.5, 0.6) is 0 Å². The van der Waals surface area contributed by atoms with Crippen LogP contribution >= 0.6 is 0 Å². The van der Waals surface area contributed by atoms with Gasteiger partial charge in [0.2, 0.25) is 0 Å². The molecule has 0 aliphatic carbocycles. The van der Waals surface area contributed by atoms with E-state index in [0.29, 0.717) is 5.69 Å². The van der Waals surface area contributed by atoms with Crippen molar-refractivity contribution in [3.8, 4) is 0 Å². The average Bonchev–Trinajstić information content (AvgIpc) is 2.49. The number of nitrogens with zero attached hydrogens (tertiary/aromatic N) is 1. The second-order valence-electron chi connectivity index (χ2n) is 2.47. The monoisotopic (exact) mass is 161 g/mol. The topological polar surface area (TPSA) is 71.8 Å². The first kappa shape index (κ1) is 6.84. The summed E-state index contributed by atoms with van der Waals surface area (Å²) >= 11 is 0. The van der Waals surface area contributed by atoms with E-state index in [9.17, 15) is 4.79 Å². The fraction of sp³-hybridized carbons (Fsp3) is 0. The van der Waals surface area contributed by atoms with Crippen LogP contribution in [-0.4, -0.2) is 15.9 Å². The molecule has 0 spiro atoms. The Hall–Kier alpha value is -1.84. The number of carbonyl (C=O) groups excluding carboxylic acids is 1. The van der Waals surface area contributed by atoms with E-state index in [0.717, 1.165) is 11.0 Å². The van der Waals surface area contributed by atoms with Crippen molar-refractivity contribution < 1.29 is 4.79 Å². The van der Waals surface area contributed by atoms with E-state index >= 15 is 0 Å². The van der Waals surface area contributed by atoms with E-state index in [2.05, 4.69) is 9.97 Å². The zero-order valence-electron chi connectivity index (χ0n) is 6.24. The standard InChI is InChI=1S/C8H7N3O/c9-8(12)7-2-1-5-6(11-7)3-4-10-5/h1-4,10H,(H2,9,12). The number of nitrogens with one attached hydrogen (secondary N) is 1. The molecule has 2 rings (SSSR count). The van der Waals surface area contributed by atoms with E-state index in [1.165, 1.54) is 0 Å².